The van der Waals surface area contributed by atoms with Crippen LogP contribution in [0.15, 0.2) is 0 Å². The highest BCUT2D eigenvalue weighted by Gasteiger charge is 2.33. The summed E-state index contributed by atoms with van der Waals surface area (Å²) in [5, 5.41) is 0. The maximum Gasteiger partial charge on any atom is 0.250 e. The number of halogens is 2. The van der Waals surface area contributed by atoms with E-state index in [1.165, 1.54) is 0 Å². The topological polar surface area (TPSA) is 12.5 Å². The van der Waals surface area contributed by atoms with Crippen LogP contribution in [0.2, 0.25) is 0 Å². The zero-order valence-corrected chi connectivity index (χ0v) is 8.77. The largest absolute Gasteiger partial charge is 0.382 e. The van der Waals surface area contributed by atoms with Gasteiger partial charge < -0.3 is 9.64 Å². The van der Waals surface area contributed by atoms with Gasteiger partial charge >= 0.3 is 0 Å². The second kappa shape index (κ2) is 5.61. The molecule has 14 heavy (non-hydrogen) atoms. The Balaban J connectivity index is 2.04. The summed E-state index contributed by atoms with van der Waals surface area (Å²) in [4.78, 5) is 2.09. The summed E-state index contributed by atoms with van der Waals surface area (Å²) in [6.45, 7) is 5.37. The monoisotopic (exact) mass is 207 g/mol. The zero-order chi connectivity index (χ0) is 10.4. The molecule has 0 unspecified atom stereocenters. The van der Waals surface area contributed by atoms with Gasteiger partial charge in [-0.25, -0.2) is 8.78 Å². The van der Waals surface area contributed by atoms with Gasteiger partial charge in [0.25, 0.3) is 5.92 Å². The van der Waals surface area contributed by atoms with Crippen LogP contribution >= 0.6 is 0 Å². The molecule has 0 aromatic heterocycles. The van der Waals surface area contributed by atoms with E-state index in [0.29, 0.717) is 13.1 Å². The van der Waals surface area contributed by atoms with E-state index in [4.69, 9.17) is 4.74 Å². The predicted octanol–water partition coefficient (Wildman–Crippen LogP) is 2.14. The Labute approximate surface area is 84.2 Å². The lowest BCUT2D eigenvalue weighted by Gasteiger charge is -2.31. The Morgan fingerprint density at radius 3 is 2.50 bits per heavy atom. The molecule has 0 atom stereocenters. The molecule has 0 amide bonds. The van der Waals surface area contributed by atoms with Crippen molar-refractivity contribution in [3.05, 3.63) is 0 Å². The van der Waals surface area contributed by atoms with Crippen LogP contribution in [0.1, 0.15) is 26.2 Å². The highest BCUT2D eigenvalue weighted by atomic mass is 19.3. The van der Waals surface area contributed by atoms with E-state index >= 15 is 0 Å². The summed E-state index contributed by atoms with van der Waals surface area (Å²) >= 11 is 0. The van der Waals surface area contributed by atoms with Crippen molar-refractivity contribution in [2.24, 2.45) is 0 Å². The number of hydrogen-bond donors (Lipinski definition) is 0. The predicted molar refractivity (Wildman–Crippen MR) is 51.7 cm³/mol. The fourth-order valence-corrected chi connectivity index (χ4v) is 1.64. The third kappa shape index (κ3) is 4.33. The molecule has 1 saturated heterocycles. The van der Waals surface area contributed by atoms with Crippen LogP contribution in [0.25, 0.3) is 0 Å². The summed E-state index contributed by atoms with van der Waals surface area (Å²) in [6.07, 6.45) is 0.975. The van der Waals surface area contributed by atoms with E-state index in [9.17, 15) is 8.78 Å². The minimum atomic E-state index is -2.42. The first-order chi connectivity index (χ1) is 6.64. The van der Waals surface area contributed by atoms with Crippen LogP contribution in [0.3, 0.4) is 0 Å². The molecule has 1 fully saturated rings. The minimum Gasteiger partial charge on any atom is -0.382 e. The molecule has 0 aliphatic carbocycles. The van der Waals surface area contributed by atoms with E-state index in [-0.39, 0.29) is 12.8 Å². The Morgan fingerprint density at radius 2 is 1.93 bits per heavy atom. The number of likely N-dealkylation sites (tertiary alicyclic amines) is 1. The molecule has 0 radical (unpaired) electrons. The Kier molecular flexibility index (Phi) is 4.75. The number of piperidine rings is 1. The van der Waals surface area contributed by atoms with Crippen LogP contribution < -0.4 is 0 Å². The molecule has 1 aliphatic rings. The van der Waals surface area contributed by atoms with Crippen molar-refractivity contribution in [3.63, 3.8) is 0 Å². The molecule has 0 saturated carbocycles. The number of rotatable bonds is 5. The average molecular weight is 207 g/mol. The van der Waals surface area contributed by atoms with Crippen LogP contribution in [-0.4, -0.2) is 43.7 Å². The van der Waals surface area contributed by atoms with E-state index in [1.54, 1.807) is 0 Å². The number of alkyl halides is 2. The number of hydrogen-bond acceptors (Lipinski definition) is 2. The molecule has 1 heterocycles. The molecule has 0 bridgehead atoms. The zero-order valence-electron chi connectivity index (χ0n) is 8.77. The minimum absolute atomic E-state index is 0.0155. The van der Waals surface area contributed by atoms with Crippen molar-refractivity contribution < 1.29 is 13.5 Å². The summed E-state index contributed by atoms with van der Waals surface area (Å²) in [5.41, 5.74) is 0. The third-order valence-electron chi connectivity index (χ3n) is 2.55. The van der Waals surface area contributed by atoms with Gasteiger partial charge in [-0.2, -0.15) is 0 Å². The van der Waals surface area contributed by atoms with Crippen LogP contribution in [0.4, 0.5) is 8.78 Å². The second-order valence-electron chi connectivity index (χ2n) is 3.75. The normalized spacial score (nSPS) is 22.5. The molecular weight excluding hydrogens is 188 g/mol. The number of nitrogens with zero attached hydrogens (tertiary/aromatic N) is 1. The molecule has 2 nitrogen and oxygen atoms in total. The third-order valence-corrected chi connectivity index (χ3v) is 2.55. The van der Waals surface area contributed by atoms with Crippen LogP contribution in [0.5, 0.6) is 0 Å². The maximum atomic E-state index is 12.8. The SMILES string of the molecule is CCOCCCN1CCC(F)(F)CC1. The van der Waals surface area contributed by atoms with Gasteiger partial charge in [-0.3, -0.25) is 0 Å². The van der Waals surface area contributed by atoms with E-state index in [1.807, 2.05) is 6.92 Å². The lowest BCUT2D eigenvalue weighted by Crippen LogP contribution is -2.39. The highest BCUT2D eigenvalue weighted by Crippen LogP contribution is 2.27. The molecule has 0 N–H and O–H groups in total. The fourth-order valence-electron chi connectivity index (χ4n) is 1.64. The molecular formula is C10H19F2NO. The van der Waals surface area contributed by atoms with Gasteiger partial charge in [-0.05, 0) is 13.3 Å². The first-order valence-corrected chi connectivity index (χ1v) is 5.32. The van der Waals surface area contributed by atoms with Crippen molar-refractivity contribution in [3.8, 4) is 0 Å². The Hall–Kier alpha value is -0.220. The summed E-state index contributed by atoms with van der Waals surface area (Å²) in [7, 11) is 0. The molecule has 84 valence electrons. The summed E-state index contributed by atoms with van der Waals surface area (Å²) in [6, 6.07) is 0. The molecule has 0 aromatic carbocycles. The molecule has 1 aliphatic heterocycles. The van der Waals surface area contributed by atoms with Gasteiger partial charge in [0.2, 0.25) is 0 Å². The van der Waals surface area contributed by atoms with Gasteiger partial charge in [0.05, 0.1) is 0 Å². The van der Waals surface area contributed by atoms with Gasteiger partial charge in [0, 0.05) is 45.7 Å². The molecule has 0 spiro atoms. The lowest BCUT2D eigenvalue weighted by molar-refractivity contribution is -0.0559. The molecule has 0 aromatic rings. The lowest BCUT2D eigenvalue weighted by atomic mass is 10.1. The van der Waals surface area contributed by atoms with Crippen molar-refractivity contribution in [1.82, 2.24) is 4.90 Å². The smallest absolute Gasteiger partial charge is 0.250 e. The number of ether oxygens (including phenoxy) is 1. The van der Waals surface area contributed by atoms with Gasteiger partial charge in [0.1, 0.15) is 0 Å². The Bertz CT molecular complexity index is 154. The van der Waals surface area contributed by atoms with Crippen molar-refractivity contribution in [2.45, 2.75) is 32.1 Å². The van der Waals surface area contributed by atoms with Crippen molar-refractivity contribution in [2.75, 3.05) is 32.8 Å². The van der Waals surface area contributed by atoms with Crippen LogP contribution in [-0.2, 0) is 4.74 Å². The average Bonchev–Trinajstić information content (AvgIpc) is 2.15. The maximum absolute atomic E-state index is 12.8. The Morgan fingerprint density at radius 1 is 1.29 bits per heavy atom. The molecule has 1 rings (SSSR count). The van der Waals surface area contributed by atoms with E-state index in [0.717, 1.165) is 26.2 Å². The van der Waals surface area contributed by atoms with Crippen molar-refractivity contribution in [1.29, 1.82) is 0 Å². The van der Waals surface area contributed by atoms with Gasteiger partial charge in [-0.1, -0.05) is 0 Å². The first kappa shape index (κ1) is 11.9. The first-order valence-electron chi connectivity index (χ1n) is 5.32. The van der Waals surface area contributed by atoms with E-state index in [2.05, 4.69) is 4.90 Å². The fraction of sp³-hybridized carbons (Fsp3) is 1.00. The summed E-state index contributed by atoms with van der Waals surface area (Å²) < 4.78 is 30.7. The summed E-state index contributed by atoms with van der Waals surface area (Å²) in [5.74, 6) is -2.42. The van der Waals surface area contributed by atoms with Gasteiger partial charge in [0.15, 0.2) is 0 Å². The van der Waals surface area contributed by atoms with Crippen molar-refractivity contribution >= 4 is 0 Å². The van der Waals surface area contributed by atoms with Gasteiger partial charge in [-0.15, -0.1) is 0 Å². The standard InChI is InChI=1S/C10H19F2NO/c1-2-14-9-3-6-13-7-4-10(11,12)5-8-13/h2-9H2,1H3. The van der Waals surface area contributed by atoms with Crippen LogP contribution in [0, 0.1) is 0 Å². The highest BCUT2D eigenvalue weighted by molar-refractivity contribution is 4.77. The molecule has 4 heteroatoms. The quantitative estimate of drug-likeness (QED) is 0.640. The second-order valence-corrected chi connectivity index (χ2v) is 3.75. The van der Waals surface area contributed by atoms with E-state index < -0.39 is 5.92 Å².